The van der Waals surface area contributed by atoms with Crippen LogP contribution >= 0.6 is 0 Å². The Labute approximate surface area is 192 Å². The predicted molar refractivity (Wildman–Crippen MR) is 127 cm³/mol. The Bertz CT molecular complexity index is 1420. The number of carbonyl (C=O) groups is 1. The number of hydrogen-bond acceptors (Lipinski definition) is 5. The summed E-state index contributed by atoms with van der Waals surface area (Å²) in [5.74, 6) is -0.297. The highest BCUT2D eigenvalue weighted by molar-refractivity contribution is 7.89. The van der Waals surface area contributed by atoms with Gasteiger partial charge in [-0.05, 0) is 61.4 Å². The smallest absolute Gasteiger partial charge is 0.256 e. The van der Waals surface area contributed by atoms with Gasteiger partial charge in [0.15, 0.2) is 0 Å². The van der Waals surface area contributed by atoms with Gasteiger partial charge in [0.2, 0.25) is 10.0 Å². The minimum atomic E-state index is -3.49. The Morgan fingerprint density at radius 1 is 0.939 bits per heavy atom. The Morgan fingerprint density at radius 2 is 1.70 bits per heavy atom. The molecule has 0 spiro atoms. The van der Waals surface area contributed by atoms with Gasteiger partial charge < -0.3 is 5.32 Å². The van der Waals surface area contributed by atoms with Crippen molar-refractivity contribution in [1.82, 2.24) is 14.3 Å². The lowest BCUT2D eigenvalue weighted by Gasteiger charge is -2.16. The summed E-state index contributed by atoms with van der Waals surface area (Å²) in [7, 11) is -3.49. The van der Waals surface area contributed by atoms with Gasteiger partial charge in [0.25, 0.3) is 5.91 Å². The molecule has 4 aromatic rings. The standard InChI is InChI=1S/C25H22N4O3S/c30-25(27-19-9-11-20(12-10-19)33(31,32)29-14-3-4-15-29)22-16-24(18-6-5-13-26-17-18)28-23-8-2-1-7-21(22)23/h1-2,5-13,16-17H,3-4,14-15H2,(H,27,30). The summed E-state index contributed by atoms with van der Waals surface area (Å²) < 4.78 is 27.0. The molecule has 1 aliphatic heterocycles. The number of nitrogens with zero attached hydrogens (tertiary/aromatic N) is 3. The largest absolute Gasteiger partial charge is 0.322 e. The molecule has 1 fully saturated rings. The van der Waals surface area contributed by atoms with E-state index in [9.17, 15) is 13.2 Å². The molecule has 1 aliphatic rings. The van der Waals surface area contributed by atoms with E-state index in [-0.39, 0.29) is 10.8 Å². The number of nitrogens with one attached hydrogen (secondary N) is 1. The van der Waals surface area contributed by atoms with Crippen LogP contribution in [0.15, 0.2) is 84.0 Å². The van der Waals surface area contributed by atoms with Gasteiger partial charge in [-0.15, -0.1) is 0 Å². The zero-order valence-electron chi connectivity index (χ0n) is 17.8. The van der Waals surface area contributed by atoms with Gasteiger partial charge in [-0.3, -0.25) is 9.78 Å². The van der Waals surface area contributed by atoms with Crippen molar-refractivity contribution < 1.29 is 13.2 Å². The molecule has 1 N–H and O–H groups in total. The van der Waals surface area contributed by atoms with E-state index < -0.39 is 10.0 Å². The summed E-state index contributed by atoms with van der Waals surface area (Å²) in [6, 6.07) is 19.2. The second kappa shape index (κ2) is 8.73. The Hall–Kier alpha value is -3.62. The number of rotatable bonds is 5. The summed E-state index contributed by atoms with van der Waals surface area (Å²) in [4.78, 5) is 22.3. The lowest BCUT2D eigenvalue weighted by molar-refractivity contribution is 0.102. The predicted octanol–water partition coefficient (Wildman–Crippen LogP) is 4.33. The molecule has 0 unspecified atom stereocenters. The molecule has 166 valence electrons. The Kier molecular flexibility index (Phi) is 5.62. The highest BCUT2D eigenvalue weighted by Crippen LogP contribution is 2.26. The molecule has 0 bridgehead atoms. The number of sulfonamides is 1. The SMILES string of the molecule is O=C(Nc1ccc(S(=O)(=O)N2CCCC2)cc1)c1cc(-c2cccnc2)nc2ccccc12. The molecular weight excluding hydrogens is 436 g/mol. The van der Waals surface area contributed by atoms with Gasteiger partial charge in [0.05, 0.1) is 21.7 Å². The maximum atomic E-state index is 13.2. The third-order valence-corrected chi connectivity index (χ3v) is 7.65. The van der Waals surface area contributed by atoms with E-state index in [4.69, 9.17) is 0 Å². The van der Waals surface area contributed by atoms with Gasteiger partial charge in [-0.25, -0.2) is 13.4 Å². The van der Waals surface area contributed by atoms with Crippen LogP contribution in [0.25, 0.3) is 22.2 Å². The Balaban J connectivity index is 1.45. The maximum absolute atomic E-state index is 13.2. The van der Waals surface area contributed by atoms with Crippen molar-refractivity contribution in [2.75, 3.05) is 18.4 Å². The first-order valence-corrected chi connectivity index (χ1v) is 12.2. The molecule has 8 heteroatoms. The number of amides is 1. The van der Waals surface area contributed by atoms with Crippen LogP contribution in [0.2, 0.25) is 0 Å². The second-order valence-electron chi connectivity index (χ2n) is 7.90. The number of hydrogen-bond donors (Lipinski definition) is 1. The molecule has 0 atom stereocenters. The molecule has 1 amide bonds. The van der Waals surface area contributed by atoms with Crippen molar-refractivity contribution in [2.24, 2.45) is 0 Å². The van der Waals surface area contributed by atoms with Crippen LogP contribution in [0, 0.1) is 0 Å². The quantitative estimate of drug-likeness (QED) is 0.480. The molecule has 33 heavy (non-hydrogen) atoms. The van der Waals surface area contributed by atoms with Crippen LogP contribution < -0.4 is 5.32 Å². The van der Waals surface area contributed by atoms with Crippen molar-refractivity contribution in [3.8, 4) is 11.3 Å². The molecule has 5 rings (SSSR count). The summed E-state index contributed by atoms with van der Waals surface area (Å²) in [6.45, 7) is 1.10. The van der Waals surface area contributed by atoms with Gasteiger partial charge in [0.1, 0.15) is 0 Å². The van der Waals surface area contributed by atoms with Crippen molar-refractivity contribution in [3.05, 3.63) is 84.7 Å². The maximum Gasteiger partial charge on any atom is 0.256 e. The number of benzene rings is 2. The highest BCUT2D eigenvalue weighted by atomic mass is 32.2. The van der Waals surface area contributed by atoms with E-state index in [1.165, 1.54) is 16.4 Å². The van der Waals surface area contributed by atoms with E-state index in [1.54, 1.807) is 30.6 Å². The normalized spacial score (nSPS) is 14.4. The lowest BCUT2D eigenvalue weighted by atomic mass is 10.0. The zero-order chi connectivity index (χ0) is 22.8. The summed E-state index contributed by atoms with van der Waals surface area (Å²) in [5, 5.41) is 3.62. The summed E-state index contributed by atoms with van der Waals surface area (Å²) in [5.41, 5.74) is 3.17. The van der Waals surface area contributed by atoms with E-state index in [0.29, 0.717) is 35.6 Å². The average Bonchev–Trinajstić information content (AvgIpc) is 3.40. The fourth-order valence-corrected chi connectivity index (χ4v) is 5.53. The minimum absolute atomic E-state index is 0.232. The van der Waals surface area contributed by atoms with Crippen molar-refractivity contribution in [3.63, 3.8) is 0 Å². The van der Waals surface area contributed by atoms with Crippen molar-refractivity contribution in [2.45, 2.75) is 17.7 Å². The van der Waals surface area contributed by atoms with E-state index >= 15 is 0 Å². The fraction of sp³-hybridized carbons (Fsp3) is 0.160. The number of para-hydroxylation sites is 1. The van der Waals surface area contributed by atoms with Crippen LogP contribution in [-0.2, 0) is 10.0 Å². The molecular formula is C25H22N4O3S. The van der Waals surface area contributed by atoms with Crippen LogP contribution in [0.4, 0.5) is 5.69 Å². The molecule has 2 aromatic carbocycles. The van der Waals surface area contributed by atoms with Crippen LogP contribution in [0.1, 0.15) is 23.2 Å². The third kappa shape index (κ3) is 4.22. The molecule has 0 aliphatic carbocycles. The molecule has 3 heterocycles. The molecule has 1 saturated heterocycles. The Morgan fingerprint density at radius 3 is 2.42 bits per heavy atom. The van der Waals surface area contributed by atoms with Gasteiger partial charge in [-0.2, -0.15) is 4.31 Å². The van der Waals surface area contributed by atoms with E-state index in [1.807, 2.05) is 36.4 Å². The van der Waals surface area contributed by atoms with Crippen LogP contribution in [0.3, 0.4) is 0 Å². The first-order valence-electron chi connectivity index (χ1n) is 10.7. The van der Waals surface area contributed by atoms with Crippen molar-refractivity contribution in [1.29, 1.82) is 0 Å². The first-order chi connectivity index (χ1) is 16.0. The topological polar surface area (TPSA) is 92.3 Å². The molecule has 0 radical (unpaired) electrons. The highest BCUT2D eigenvalue weighted by Gasteiger charge is 2.27. The van der Waals surface area contributed by atoms with Gasteiger partial charge in [0, 0.05) is 42.1 Å². The van der Waals surface area contributed by atoms with E-state index in [2.05, 4.69) is 15.3 Å². The average molecular weight is 459 g/mol. The summed E-state index contributed by atoms with van der Waals surface area (Å²) in [6.07, 6.45) is 5.16. The molecule has 0 saturated carbocycles. The van der Waals surface area contributed by atoms with Crippen LogP contribution in [-0.4, -0.2) is 41.7 Å². The molecule has 2 aromatic heterocycles. The third-order valence-electron chi connectivity index (χ3n) is 5.73. The molecule has 7 nitrogen and oxygen atoms in total. The second-order valence-corrected chi connectivity index (χ2v) is 9.84. The summed E-state index contributed by atoms with van der Waals surface area (Å²) >= 11 is 0. The van der Waals surface area contributed by atoms with Crippen molar-refractivity contribution >= 4 is 32.5 Å². The number of aromatic nitrogens is 2. The number of carbonyl (C=O) groups excluding carboxylic acids is 1. The monoisotopic (exact) mass is 458 g/mol. The zero-order valence-corrected chi connectivity index (χ0v) is 18.6. The fourth-order valence-electron chi connectivity index (χ4n) is 4.01. The van der Waals surface area contributed by atoms with Crippen LogP contribution in [0.5, 0.6) is 0 Å². The number of pyridine rings is 2. The lowest BCUT2D eigenvalue weighted by Crippen LogP contribution is -2.27. The van der Waals surface area contributed by atoms with E-state index in [0.717, 1.165) is 23.8 Å². The first kappa shape index (κ1) is 21.2. The number of anilines is 1. The number of fused-ring (bicyclic) bond motifs is 1. The van der Waals surface area contributed by atoms with Gasteiger partial charge in [-0.1, -0.05) is 18.2 Å². The minimum Gasteiger partial charge on any atom is -0.322 e. The van der Waals surface area contributed by atoms with Gasteiger partial charge >= 0.3 is 0 Å².